The molecule has 0 spiro atoms. The van der Waals surface area contributed by atoms with Crippen LogP contribution in [0.3, 0.4) is 0 Å². The second-order valence-electron chi connectivity index (χ2n) is 5.91. The maximum atomic E-state index is 10.6. The van der Waals surface area contributed by atoms with Crippen LogP contribution in [0.2, 0.25) is 0 Å². The van der Waals surface area contributed by atoms with Crippen molar-refractivity contribution in [1.29, 1.82) is 0 Å². The molecule has 2 aromatic rings. The molecule has 1 N–H and O–H groups in total. The first kappa shape index (κ1) is 15.8. The lowest BCUT2D eigenvalue weighted by molar-refractivity contribution is -0.0425. The van der Waals surface area contributed by atoms with Gasteiger partial charge < -0.3 is 19.3 Å². The second-order valence-corrected chi connectivity index (χ2v) is 6.83. The summed E-state index contributed by atoms with van der Waals surface area (Å²) in [6, 6.07) is 5.64. The standard InChI is InChI=1S/C17H20N2O4S/c20-13(12-1-2-14-15(9-12)23-7-6-22-14)10-19-4-5-21-16(11-19)17-18-3-8-24-17/h1-3,8-9,13,16,20H,4-7,10-11H2/t13-,16+/m1/s1. The number of rotatable bonds is 4. The molecule has 6 nitrogen and oxygen atoms in total. The van der Waals surface area contributed by atoms with Crippen molar-refractivity contribution in [3.8, 4) is 11.5 Å². The van der Waals surface area contributed by atoms with Crippen LogP contribution in [0.25, 0.3) is 0 Å². The lowest BCUT2D eigenvalue weighted by Crippen LogP contribution is -2.40. The molecule has 2 atom stereocenters. The third-order valence-electron chi connectivity index (χ3n) is 4.26. The number of ether oxygens (including phenoxy) is 3. The molecular formula is C17H20N2O4S. The van der Waals surface area contributed by atoms with Gasteiger partial charge in [0.15, 0.2) is 11.5 Å². The van der Waals surface area contributed by atoms with Crippen LogP contribution in [-0.2, 0) is 4.74 Å². The van der Waals surface area contributed by atoms with Gasteiger partial charge in [-0.3, -0.25) is 4.90 Å². The van der Waals surface area contributed by atoms with Crippen LogP contribution in [-0.4, -0.2) is 54.4 Å². The van der Waals surface area contributed by atoms with Crippen LogP contribution in [0.1, 0.15) is 22.8 Å². The van der Waals surface area contributed by atoms with Gasteiger partial charge in [0.1, 0.15) is 24.3 Å². The zero-order valence-electron chi connectivity index (χ0n) is 13.3. The van der Waals surface area contributed by atoms with Crippen molar-refractivity contribution >= 4 is 11.3 Å². The van der Waals surface area contributed by atoms with Crippen molar-refractivity contribution in [3.05, 3.63) is 40.3 Å². The summed E-state index contributed by atoms with van der Waals surface area (Å²) >= 11 is 1.61. The predicted octanol–water partition coefficient (Wildman–Crippen LogP) is 2.02. The van der Waals surface area contributed by atoms with Gasteiger partial charge in [0.05, 0.1) is 12.7 Å². The highest BCUT2D eigenvalue weighted by molar-refractivity contribution is 7.09. The van der Waals surface area contributed by atoms with E-state index in [9.17, 15) is 5.11 Å². The van der Waals surface area contributed by atoms with E-state index in [2.05, 4.69) is 9.88 Å². The molecule has 2 aliphatic rings. The second kappa shape index (κ2) is 7.06. The van der Waals surface area contributed by atoms with Gasteiger partial charge >= 0.3 is 0 Å². The fourth-order valence-corrected chi connectivity index (χ4v) is 3.71. The molecular weight excluding hydrogens is 328 g/mol. The monoisotopic (exact) mass is 348 g/mol. The Balaban J connectivity index is 1.41. The molecule has 2 aliphatic heterocycles. The number of hydrogen-bond donors (Lipinski definition) is 1. The van der Waals surface area contributed by atoms with Crippen molar-refractivity contribution in [2.75, 3.05) is 39.5 Å². The Morgan fingerprint density at radius 1 is 1.25 bits per heavy atom. The van der Waals surface area contributed by atoms with E-state index in [-0.39, 0.29) is 6.10 Å². The molecule has 24 heavy (non-hydrogen) atoms. The smallest absolute Gasteiger partial charge is 0.161 e. The summed E-state index contributed by atoms with van der Waals surface area (Å²) in [7, 11) is 0. The van der Waals surface area contributed by atoms with E-state index in [0.29, 0.717) is 32.1 Å². The SMILES string of the molecule is O[C@H](CN1CCO[C@H](c2nccs2)C1)c1ccc2c(c1)OCCO2. The fourth-order valence-electron chi connectivity index (χ4n) is 3.03. The molecule has 1 fully saturated rings. The van der Waals surface area contributed by atoms with Gasteiger partial charge in [-0.25, -0.2) is 4.98 Å². The number of thiazole rings is 1. The van der Waals surface area contributed by atoms with Gasteiger partial charge in [0.25, 0.3) is 0 Å². The van der Waals surface area contributed by atoms with E-state index >= 15 is 0 Å². The Morgan fingerprint density at radius 2 is 2.12 bits per heavy atom. The van der Waals surface area contributed by atoms with E-state index in [0.717, 1.165) is 29.4 Å². The van der Waals surface area contributed by atoms with Crippen molar-refractivity contribution in [2.45, 2.75) is 12.2 Å². The van der Waals surface area contributed by atoms with Gasteiger partial charge in [-0.2, -0.15) is 0 Å². The molecule has 0 unspecified atom stereocenters. The molecule has 128 valence electrons. The summed E-state index contributed by atoms with van der Waals surface area (Å²) in [6.07, 6.45) is 1.22. The van der Waals surface area contributed by atoms with E-state index in [1.807, 2.05) is 23.6 Å². The molecule has 0 amide bonds. The minimum absolute atomic E-state index is 0.00813. The van der Waals surface area contributed by atoms with E-state index in [4.69, 9.17) is 14.2 Å². The molecule has 0 aliphatic carbocycles. The lowest BCUT2D eigenvalue weighted by Gasteiger charge is -2.33. The van der Waals surface area contributed by atoms with Crippen LogP contribution in [0.4, 0.5) is 0 Å². The van der Waals surface area contributed by atoms with Crippen LogP contribution in [0.5, 0.6) is 11.5 Å². The molecule has 1 saturated heterocycles. The topological polar surface area (TPSA) is 64.1 Å². The van der Waals surface area contributed by atoms with E-state index < -0.39 is 6.10 Å². The van der Waals surface area contributed by atoms with E-state index in [1.165, 1.54) is 0 Å². The number of aliphatic hydroxyl groups excluding tert-OH is 1. The number of aromatic nitrogens is 1. The van der Waals surface area contributed by atoms with Crippen molar-refractivity contribution < 1.29 is 19.3 Å². The zero-order valence-corrected chi connectivity index (χ0v) is 14.1. The fraction of sp³-hybridized carbons (Fsp3) is 0.471. The van der Waals surface area contributed by atoms with Gasteiger partial charge in [-0.05, 0) is 17.7 Å². The first-order valence-corrected chi connectivity index (χ1v) is 8.98. The minimum Gasteiger partial charge on any atom is -0.486 e. The molecule has 0 radical (unpaired) electrons. The van der Waals surface area contributed by atoms with Crippen molar-refractivity contribution in [1.82, 2.24) is 9.88 Å². The highest BCUT2D eigenvalue weighted by Crippen LogP contribution is 2.33. The number of hydrogen-bond acceptors (Lipinski definition) is 7. The van der Waals surface area contributed by atoms with Gasteiger partial charge in [-0.1, -0.05) is 6.07 Å². The average Bonchev–Trinajstić information content (AvgIpc) is 3.16. The maximum Gasteiger partial charge on any atom is 0.161 e. The molecule has 7 heteroatoms. The number of nitrogens with zero attached hydrogens (tertiary/aromatic N) is 2. The summed E-state index contributed by atoms with van der Waals surface area (Å²) in [6.45, 7) is 3.88. The number of morpholine rings is 1. The largest absolute Gasteiger partial charge is 0.486 e. The first-order chi connectivity index (χ1) is 11.8. The maximum absolute atomic E-state index is 10.6. The number of fused-ring (bicyclic) bond motifs is 1. The number of benzene rings is 1. The molecule has 1 aromatic carbocycles. The van der Waals surface area contributed by atoms with Gasteiger partial charge in [-0.15, -0.1) is 11.3 Å². The van der Waals surface area contributed by atoms with Crippen molar-refractivity contribution in [3.63, 3.8) is 0 Å². The summed E-state index contributed by atoms with van der Waals surface area (Å²) in [4.78, 5) is 6.55. The first-order valence-electron chi connectivity index (χ1n) is 8.10. The average molecular weight is 348 g/mol. The normalized spacial score (nSPS) is 22.3. The summed E-state index contributed by atoms with van der Waals surface area (Å²) in [5, 5.41) is 13.6. The number of aliphatic hydroxyl groups is 1. The number of β-amino-alcohol motifs (C(OH)–C–C–N with tert-alkyl or cyclic N) is 1. The third-order valence-corrected chi connectivity index (χ3v) is 5.13. The lowest BCUT2D eigenvalue weighted by atomic mass is 10.1. The van der Waals surface area contributed by atoms with Gasteiger partial charge in [0.2, 0.25) is 0 Å². The van der Waals surface area contributed by atoms with Gasteiger partial charge in [0, 0.05) is 31.2 Å². The van der Waals surface area contributed by atoms with Crippen LogP contribution in [0, 0.1) is 0 Å². The highest BCUT2D eigenvalue weighted by Gasteiger charge is 2.26. The van der Waals surface area contributed by atoms with E-state index in [1.54, 1.807) is 17.5 Å². The quantitative estimate of drug-likeness (QED) is 0.912. The minimum atomic E-state index is -0.573. The Bertz CT molecular complexity index is 679. The summed E-state index contributed by atoms with van der Waals surface area (Å²) in [5.74, 6) is 1.45. The molecule has 3 heterocycles. The summed E-state index contributed by atoms with van der Waals surface area (Å²) in [5.41, 5.74) is 0.844. The van der Waals surface area contributed by atoms with Crippen molar-refractivity contribution in [2.24, 2.45) is 0 Å². The predicted molar refractivity (Wildman–Crippen MR) is 89.6 cm³/mol. The molecule has 0 bridgehead atoms. The highest BCUT2D eigenvalue weighted by atomic mass is 32.1. The Hall–Kier alpha value is -1.67. The third kappa shape index (κ3) is 3.39. The molecule has 4 rings (SSSR count). The summed E-state index contributed by atoms with van der Waals surface area (Å²) < 4.78 is 16.9. The van der Waals surface area contributed by atoms with Crippen LogP contribution < -0.4 is 9.47 Å². The van der Waals surface area contributed by atoms with Crippen LogP contribution in [0.15, 0.2) is 29.8 Å². The Morgan fingerprint density at radius 3 is 2.96 bits per heavy atom. The Kier molecular flexibility index (Phi) is 4.66. The molecule has 0 saturated carbocycles. The Labute approximate surface area is 144 Å². The van der Waals surface area contributed by atoms with Crippen LogP contribution >= 0.6 is 11.3 Å². The zero-order chi connectivity index (χ0) is 16.4. The molecule has 1 aromatic heterocycles.